The second-order valence-corrected chi connectivity index (χ2v) is 6.68. The Morgan fingerprint density at radius 2 is 2.00 bits per heavy atom. The van der Waals surface area contributed by atoms with Gasteiger partial charge in [-0.25, -0.2) is 4.98 Å². The minimum absolute atomic E-state index is 0.0142. The summed E-state index contributed by atoms with van der Waals surface area (Å²) in [6, 6.07) is 12.2. The molecule has 25 heavy (non-hydrogen) atoms. The molecule has 2 aromatic rings. The van der Waals surface area contributed by atoms with Gasteiger partial charge < -0.3 is 10.6 Å². The van der Waals surface area contributed by atoms with Crippen molar-refractivity contribution in [2.24, 2.45) is 5.92 Å². The van der Waals surface area contributed by atoms with Crippen LogP contribution >= 0.6 is 11.6 Å². The number of anilines is 1. The van der Waals surface area contributed by atoms with Gasteiger partial charge in [0.05, 0.1) is 0 Å². The predicted molar refractivity (Wildman–Crippen MR) is 97.5 cm³/mol. The number of halogens is 1. The van der Waals surface area contributed by atoms with Crippen molar-refractivity contribution in [3.05, 3.63) is 59.2 Å². The van der Waals surface area contributed by atoms with E-state index in [0.717, 1.165) is 19.3 Å². The summed E-state index contributed by atoms with van der Waals surface area (Å²) >= 11 is 5.93. The number of carbonyl (C=O) groups is 2. The lowest BCUT2D eigenvalue weighted by Crippen LogP contribution is -2.41. The fraction of sp³-hybridized carbons (Fsp3) is 0.316. The number of rotatable bonds is 4. The molecule has 0 bridgehead atoms. The molecule has 0 radical (unpaired) electrons. The highest BCUT2D eigenvalue weighted by Gasteiger charge is 2.28. The molecule has 1 aromatic carbocycles. The Labute approximate surface area is 151 Å². The molecule has 6 heteroatoms. The lowest BCUT2D eigenvalue weighted by Gasteiger charge is -2.29. The third-order valence-electron chi connectivity index (χ3n) is 4.38. The van der Waals surface area contributed by atoms with Gasteiger partial charge in [-0.1, -0.05) is 30.2 Å². The summed E-state index contributed by atoms with van der Waals surface area (Å²) in [6.07, 6.45) is 4.87. The summed E-state index contributed by atoms with van der Waals surface area (Å²) in [7, 11) is 0. The predicted octanol–water partition coefficient (Wildman–Crippen LogP) is 3.66. The van der Waals surface area contributed by atoms with E-state index < -0.39 is 0 Å². The average Bonchev–Trinajstić information content (AvgIpc) is 2.63. The van der Waals surface area contributed by atoms with Crippen LogP contribution in [-0.2, 0) is 4.79 Å². The van der Waals surface area contributed by atoms with Gasteiger partial charge in [0.25, 0.3) is 5.91 Å². The highest BCUT2D eigenvalue weighted by Crippen LogP contribution is 2.26. The minimum Gasteiger partial charge on any atom is -0.349 e. The first-order valence-electron chi connectivity index (χ1n) is 8.40. The van der Waals surface area contributed by atoms with Gasteiger partial charge in [-0.2, -0.15) is 0 Å². The van der Waals surface area contributed by atoms with Crippen LogP contribution in [0, 0.1) is 5.92 Å². The fourth-order valence-electron chi connectivity index (χ4n) is 3.12. The zero-order valence-corrected chi connectivity index (χ0v) is 14.5. The molecule has 1 saturated carbocycles. The molecule has 1 heterocycles. The van der Waals surface area contributed by atoms with Crippen LogP contribution in [0.4, 0.5) is 5.82 Å². The second-order valence-electron chi connectivity index (χ2n) is 6.25. The number of benzene rings is 1. The van der Waals surface area contributed by atoms with E-state index in [1.807, 2.05) is 6.07 Å². The van der Waals surface area contributed by atoms with Gasteiger partial charge >= 0.3 is 0 Å². The Morgan fingerprint density at radius 3 is 2.76 bits per heavy atom. The van der Waals surface area contributed by atoms with Gasteiger partial charge in [0.2, 0.25) is 5.91 Å². The summed E-state index contributed by atoms with van der Waals surface area (Å²) in [6.45, 7) is 0. The smallest absolute Gasteiger partial charge is 0.251 e. The van der Waals surface area contributed by atoms with Gasteiger partial charge in [-0.3, -0.25) is 9.59 Å². The van der Waals surface area contributed by atoms with E-state index in [2.05, 4.69) is 15.6 Å². The number of nitrogens with zero attached hydrogens (tertiary/aromatic N) is 1. The summed E-state index contributed by atoms with van der Waals surface area (Å²) < 4.78 is 0. The lowest BCUT2D eigenvalue weighted by atomic mass is 9.85. The quantitative estimate of drug-likeness (QED) is 0.877. The largest absolute Gasteiger partial charge is 0.349 e. The van der Waals surface area contributed by atoms with E-state index in [-0.39, 0.29) is 23.8 Å². The molecule has 1 aliphatic carbocycles. The number of aromatic nitrogens is 1. The molecule has 0 aliphatic heterocycles. The molecular formula is C19H20ClN3O2. The van der Waals surface area contributed by atoms with Crippen LogP contribution in [0.3, 0.4) is 0 Å². The molecule has 1 aliphatic rings. The molecular weight excluding hydrogens is 338 g/mol. The topological polar surface area (TPSA) is 71.1 Å². The number of nitrogens with one attached hydrogen (secondary N) is 2. The van der Waals surface area contributed by atoms with E-state index in [1.54, 1.807) is 42.6 Å². The maximum atomic E-state index is 12.4. The van der Waals surface area contributed by atoms with Gasteiger partial charge in [0, 0.05) is 28.7 Å². The average molecular weight is 358 g/mol. The number of hydrogen-bond donors (Lipinski definition) is 2. The molecule has 1 aromatic heterocycles. The Bertz CT molecular complexity index is 751. The van der Waals surface area contributed by atoms with E-state index in [1.165, 1.54) is 0 Å². The van der Waals surface area contributed by atoms with Crippen molar-refractivity contribution in [1.29, 1.82) is 0 Å². The van der Waals surface area contributed by atoms with Crippen LogP contribution in [0.1, 0.15) is 36.0 Å². The van der Waals surface area contributed by atoms with Crippen LogP contribution in [0.2, 0.25) is 5.02 Å². The van der Waals surface area contributed by atoms with Crippen LogP contribution in [0.15, 0.2) is 48.7 Å². The van der Waals surface area contributed by atoms with Crippen LogP contribution in [-0.4, -0.2) is 22.8 Å². The SMILES string of the molecule is O=C(N[C@@H]1CCC[C@@H](C(=O)Nc2ccccn2)C1)c1cccc(Cl)c1. The van der Waals surface area contributed by atoms with Crippen molar-refractivity contribution in [2.45, 2.75) is 31.7 Å². The Morgan fingerprint density at radius 1 is 1.12 bits per heavy atom. The Balaban J connectivity index is 1.57. The van der Waals surface area contributed by atoms with Crippen LogP contribution in [0.25, 0.3) is 0 Å². The van der Waals surface area contributed by atoms with E-state index in [9.17, 15) is 9.59 Å². The number of carbonyl (C=O) groups excluding carboxylic acids is 2. The zero-order chi connectivity index (χ0) is 17.6. The van der Waals surface area contributed by atoms with Crippen LogP contribution < -0.4 is 10.6 Å². The van der Waals surface area contributed by atoms with Crippen molar-refractivity contribution >= 4 is 29.2 Å². The van der Waals surface area contributed by atoms with E-state index in [0.29, 0.717) is 22.8 Å². The van der Waals surface area contributed by atoms with Crippen LogP contribution in [0.5, 0.6) is 0 Å². The summed E-state index contributed by atoms with van der Waals surface area (Å²) in [4.78, 5) is 28.9. The van der Waals surface area contributed by atoms with Gasteiger partial charge in [-0.15, -0.1) is 0 Å². The highest BCUT2D eigenvalue weighted by molar-refractivity contribution is 6.30. The Hall–Kier alpha value is -2.40. The highest BCUT2D eigenvalue weighted by atomic mass is 35.5. The number of pyridine rings is 1. The van der Waals surface area contributed by atoms with Crippen molar-refractivity contribution in [3.63, 3.8) is 0 Å². The third-order valence-corrected chi connectivity index (χ3v) is 4.62. The fourth-order valence-corrected chi connectivity index (χ4v) is 3.31. The molecule has 130 valence electrons. The van der Waals surface area contributed by atoms with Gasteiger partial charge in [-0.05, 0) is 49.6 Å². The maximum absolute atomic E-state index is 12.4. The van der Waals surface area contributed by atoms with Crippen molar-refractivity contribution < 1.29 is 9.59 Å². The number of amides is 2. The standard InChI is InChI=1S/C19H20ClN3O2/c20-15-7-3-5-13(11-15)18(24)22-16-8-4-6-14(12-16)19(25)23-17-9-1-2-10-21-17/h1-3,5,7,9-11,14,16H,4,6,8,12H2,(H,22,24)(H,21,23,25)/t14-,16-/m1/s1. The normalized spacial score (nSPS) is 19.9. The molecule has 3 rings (SSSR count). The first kappa shape index (κ1) is 17.4. The second kappa shape index (κ2) is 8.12. The molecule has 2 N–H and O–H groups in total. The molecule has 1 fully saturated rings. The van der Waals surface area contributed by atoms with Crippen molar-refractivity contribution in [3.8, 4) is 0 Å². The zero-order valence-electron chi connectivity index (χ0n) is 13.7. The Kier molecular flexibility index (Phi) is 5.66. The monoisotopic (exact) mass is 357 g/mol. The van der Waals surface area contributed by atoms with Gasteiger partial charge in [0.15, 0.2) is 0 Å². The molecule has 2 atom stereocenters. The van der Waals surface area contributed by atoms with E-state index >= 15 is 0 Å². The third kappa shape index (κ3) is 4.79. The number of hydrogen-bond acceptors (Lipinski definition) is 3. The molecule has 2 amide bonds. The first-order valence-corrected chi connectivity index (χ1v) is 8.78. The summed E-state index contributed by atoms with van der Waals surface area (Å²) in [5.41, 5.74) is 0.535. The molecule has 0 spiro atoms. The molecule has 5 nitrogen and oxygen atoms in total. The van der Waals surface area contributed by atoms with Gasteiger partial charge in [0.1, 0.15) is 5.82 Å². The maximum Gasteiger partial charge on any atom is 0.251 e. The summed E-state index contributed by atoms with van der Waals surface area (Å²) in [5, 5.41) is 6.39. The van der Waals surface area contributed by atoms with E-state index in [4.69, 9.17) is 11.6 Å². The van der Waals surface area contributed by atoms with Crippen molar-refractivity contribution in [2.75, 3.05) is 5.32 Å². The first-order chi connectivity index (χ1) is 12.1. The minimum atomic E-state index is -0.154. The molecule has 0 saturated heterocycles. The van der Waals surface area contributed by atoms with Crippen molar-refractivity contribution in [1.82, 2.24) is 10.3 Å². The molecule has 0 unspecified atom stereocenters. The summed E-state index contributed by atoms with van der Waals surface area (Å²) in [5.74, 6) is 0.233. The lowest BCUT2D eigenvalue weighted by molar-refractivity contribution is -0.121.